The minimum Gasteiger partial charge on any atom is -0.162 e. The van der Waals surface area contributed by atoms with E-state index in [1.165, 1.54) is 24.3 Å². The summed E-state index contributed by atoms with van der Waals surface area (Å²) in [5.74, 6) is 5.22. The SMILES string of the molecule is C1CCC2CC2CSC1. The molecule has 0 nitrogen and oxygen atoms in total. The molecule has 1 heteroatoms. The molecular formula is C8H14S. The molecule has 0 spiro atoms. The molecule has 2 rings (SSSR count). The van der Waals surface area contributed by atoms with Crippen LogP contribution in [0.15, 0.2) is 0 Å². The van der Waals surface area contributed by atoms with Crippen LogP contribution >= 0.6 is 11.8 Å². The first-order valence-electron chi connectivity index (χ1n) is 4.04. The summed E-state index contributed by atoms with van der Waals surface area (Å²) >= 11 is 2.18. The zero-order valence-corrected chi connectivity index (χ0v) is 6.62. The van der Waals surface area contributed by atoms with Crippen molar-refractivity contribution in [2.45, 2.75) is 25.7 Å². The topological polar surface area (TPSA) is 0 Å². The zero-order chi connectivity index (χ0) is 6.10. The largest absolute Gasteiger partial charge is 0.162 e. The summed E-state index contributed by atoms with van der Waals surface area (Å²) in [6.07, 6.45) is 6.10. The van der Waals surface area contributed by atoms with Gasteiger partial charge in [0.2, 0.25) is 0 Å². The number of hydrogen-bond donors (Lipinski definition) is 0. The van der Waals surface area contributed by atoms with Crippen molar-refractivity contribution in [3.63, 3.8) is 0 Å². The van der Waals surface area contributed by atoms with Crippen LogP contribution in [0.25, 0.3) is 0 Å². The predicted molar refractivity (Wildman–Crippen MR) is 42.8 cm³/mol. The average molecular weight is 142 g/mol. The maximum atomic E-state index is 2.18. The van der Waals surface area contributed by atoms with Gasteiger partial charge in [-0.05, 0) is 36.2 Å². The molecule has 1 heterocycles. The van der Waals surface area contributed by atoms with E-state index in [1.54, 1.807) is 12.8 Å². The highest BCUT2D eigenvalue weighted by Gasteiger charge is 2.36. The summed E-state index contributed by atoms with van der Waals surface area (Å²) < 4.78 is 0. The maximum absolute atomic E-state index is 2.18. The third-order valence-electron chi connectivity index (χ3n) is 2.51. The van der Waals surface area contributed by atoms with Crippen LogP contribution in [0.2, 0.25) is 0 Å². The number of hydrogen-bond acceptors (Lipinski definition) is 1. The molecule has 0 aromatic rings. The van der Waals surface area contributed by atoms with Gasteiger partial charge in [-0.15, -0.1) is 0 Å². The molecule has 0 aromatic heterocycles. The van der Waals surface area contributed by atoms with E-state index < -0.39 is 0 Å². The lowest BCUT2D eigenvalue weighted by atomic mass is 10.1. The average Bonchev–Trinajstić information content (AvgIpc) is 2.46. The molecule has 9 heavy (non-hydrogen) atoms. The lowest BCUT2D eigenvalue weighted by Gasteiger charge is -2.05. The van der Waals surface area contributed by atoms with Crippen LogP contribution in [0.4, 0.5) is 0 Å². The van der Waals surface area contributed by atoms with E-state index in [1.807, 2.05) is 0 Å². The minimum atomic E-state index is 1.15. The number of rotatable bonds is 0. The second-order valence-corrected chi connectivity index (χ2v) is 4.48. The first-order valence-corrected chi connectivity index (χ1v) is 5.20. The predicted octanol–water partition coefficient (Wildman–Crippen LogP) is 2.54. The Morgan fingerprint density at radius 3 is 3.11 bits per heavy atom. The van der Waals surface area contributed by atoms with E-state index in [4.69, 9.17) is 0 Å². The molecule has 1 saturated carbocycles. The van der Waals surface area contributed by atoms with Gasteiger partial charge in [0.15, 0.2) is 0 Å². The Morgan fingerprint density at radius 1 is 1.11 bits per heavy atom. The van der Waals surface area contributed by atoms with Crippen LogP contribution in [0, 0.1) is 11.8 Å². The summed E-state index contributed by atoms with van der Waals surface area (Å²) in [5.41, 5.74) is 0. The minimum absolute atomic E-state index is 1.15. The lowest BCUT2D eigenvalue weighted by molar-refractivity contribution is 0.618. The Labute approximate surface area is 61.4 Å². The van der Waals surface area contributed by atoms with Gasteiger partial charge in [0, 0.05) is 0 Å². The molecule has 52 valence electrons. The summed E-state index contributed by atoms with van der Waals surface area (Å²) in [4.78, 5) is 0. The molecule has 0 aromatic carbocycles. The fourth-order valence-electron chi connectivity index (χ4n) is 1.71. The lowest BCUT2D eigenvalue weighted by Crippen LogP contribution is -1.94. The fraction of sp³-hybridized carbons (Fsp3) is 1.00. The Kier molecular flexibility index (Phi) is 1.71. The van der Waals surface area contributed by atoms with E-state index >= 15 is 0 Å². The Balaban J connectivity index is 1.81. The van der Waals surface area contributed by atoms with Gasteiger partial charge in [-0.1, -0.05) is 12.8 Å². The maximum Gasteiger partial charge on any atom is -0.00364 e. The van der Waals surface area contributed by atoms with Crippen molar-refractivity contribution in [2.24, 2.45) is 11.8 Å². The quantitative estimate of drug-likeness (QED) is 0.501. The van der Waals surface area contributed by atoms with Crippen LogP contribution in [0.3, 0.4) is 0 Å². The van der Waals surface area contributed by atoms with Crippen LogP contribution in [-0.4, -0.2) is 11.5 Å². The first kappa shape index (κ1) is 6.09. The molecular weight excluding hydrogens is 128 g/mol. The molecule has 0 N–H and O–H groups in total. The van der Waals surface area contributed by atoms with Crippen molar-refractivity contribution < 1.29 is 0 Å². The normalized spacial score (nSPS) is 42.7. The van der Waals surface area contributed by atoms with E-state index in [9.17, 15) is 0 Å². The molecule has 0 bridgehead atoms. The summed E-state index contributed by atoms with van der Waals surface area (Å²) in [7, 11) is 0. The van der Waals surface area contributed by atoms with Crippen molar-refractivity contribution in [3.8, 4) is 0 Å². The van der Waals surface area contributed by atoms with Gasteiger partial charge >= 0.3 is 0 Å². The molecule has 1 saturated heterocycles. The van der Waals surface area contributed by atoms with Crippen LogP contribution in [0.5, 0.6) is 0 Å². The Morgan fingerprint density at radius 2 is 2.11 bits per heavy atom. The van der Waals surface area contributed by atoms with E-state index in [-0.39, 0.29) is 0 Å². The smallest absolute Gasteiger partial charge is 0.00364 e. The monoisotopic (exact) mass is 142 g/mol. The van der Waals surface area contributed by atoms with Crippen molar-refractivity contribution in [2.75, 3.05) is 11.5 Å². The molecule has 1 aliphatic heterocycles. The number of fused-ring (bicyclic) bond motifs is 1. The molecule has 2 fully saturated rings. The molecule has 0 radical (unpaired) electrons. The zero-order valence-electron chi connectivity index (χ0n) is 5.81. The highest BCUT2D eigenvalue weighted by molar-refractivity contribution is 7.99. The molecule has 1 aliphatic carbocycles. The Hall–Kier alpha value is 0.350. The van der Waals surface area contributed by atoms with Crippen molar-refractivity contribution in [1.82, 2.24) is 0 Å². The molecule has 2 atom stereocenters. The van der Waals surface area contributed by atoms with E-state index in [2.05, 4.69) is 11.8 Å². The van der Waals surface area contributed by atoms with Gasteiger partial charge in [-0.2, -0.15) is 11.8 Å². The van der Waals surface area contributed by atoms with Gasteiger partial charge < -0.3 is 0 Å². The first-order chi connectivity index (χ1) is 4.47. The van der Waals surface area contributed by atoms with E-state index in [0.29, 0.717) is 0 Å². The van der Waals surface area contributed by atoms with Gasteiger partial charge in [-0.25, -0.2) is 0 Å². The summed E-state index contributed by atoms with van der Waals surface area (Å²) in [6.45, 7) is 0. The highest BCUT2D eigenvalue weighted by atomic mass is 32.2. The molecule has 2 aliphatic rings. The van der Waals surface area contributed by atoms with Gasteiger partial charge in [0.1, 0.15) is 0 Å². The third kappa shape index (κ3) is 1.43. The van der Waals surface area contributed by atoms with Gasteiger partial charge in [0.25, 0.3) is 0 Å². The summed E-state index contributed by atoms with van der Waals surface area (Å²) in [6, 6.07) is 0. The number of thioether (sulfide) groups is 1. The second-order valence-electron chi connectivity index (χ2n) is 3.33. The van der Waals surface area contributed by atoms with Crippen LogP contribution in [0.1, 0.15) is 25.7 Å². The van der Waals surface area contributed by atoms with Crippen molar-refractivity contribution in [3.05, 3.63) is 0 Å². The second kappa shape index (κ2) is 2.53. The Bertz CT molecular complexity index is 88.7. The standard InChI is InChI=1S/C8H14S/c1-2-4-9-6-8-5-7(8)3-1/h7-8H,1-6H2. The summed E-state index contributed by atoms with van der Waals surface area (Å²) in [5, 5.41) is 0. The highest BCUT2D eigenvalue weighted by Crippen LogP contribution is 2.45. The van der Waals surface area contributed by atoms with Crippen LogP contribution < -0.4 is 0 Å². The van der Waals surface area contributed by atoms with Crippen molar-refractivity contribution >= 4 is 11.8 Å². The molecule has 2 unspecified atom stereocenters. The van der Waals surface area contributed by atoms with Gasteiger partial charge in [0.05, 0.1) is 0 Å². The molecule has 0 amide bonds. The van der Waals surface area contributed by atoms with Crippen LogP contribution in [-0.2, 0) is 0 Å². The van der Waals surface area contributed by atoms with E-state index in [0.717, 1.165) is 11.8 Å². The van der Waals surface area contributed by atoms with Crippen molar-refractivity contribution in [1.29, 1.82) is 0 Å². The fourth-order valence-corrected chi connectivity index (χ4v) is 3.00. The van der Waals surface area contributed by atoms with Gasteiger partial charge in [-0.3, -0.25) is 0 Å². The third-order valence-corrected chi connectivity index (χ3v) is 3.76.